The molecule has 2 fully saturated rings. The standard InChI is InChI=1S/C30H41N7O3/c1-5-9-21-18-37(23-11-6-7-12-23)27-25(36(3)29(21)39)17-31-30(34-27)33-24-14-13-20(16-26(24)40-4)28(38)32-22-10-8-15-35(2)19-22/h5,13-14,16-17,21-23H,1,6-12,15,18-19H2,2-4H3,(H,32,38)(H,31,33,34)/t21-,22+/m0/s1. The van der Waals surface area contributed by atoms with Crippen LogP contribution in [0.5, 0.6) is 5.75 Å². The second kappa shape index (κ2) is 12.2. The first-order valence-corrected chi connectivity index (χ1v) is 14.3. The normalized spacial score (nSPS) is 22.0. The van der Waals surface area contributed by atoms with E-state index in [1.807, 2.05) is 12.1 Å². The zero-order chi connectivity index (χ0) is 28.2. The fraction of sp³-hybridized carbons (Fsp3) is 0.533. The Bertz CT molecular complexity index is 1250. The van der Waals surface area contributed by atoms with E-state index in [-0.39, 0.29) is 23.8 Å². The lowest BCUT2D eigenvalue weighted by atomic mass is 10.0. The second-order valence-corrected chi connectivity index (χ2v) is 11.2. The smallest absolute Gasteiger partial charge is 0.251 e. The second-order valence-electron chi connectivity index (χ2n) is 11.2. The third-order valence-electron chi connectivity index (χ3n) is 8.37. The van der Waals surface area contributed by atoms with E-state index in [4.69, 9.17) is 9.72 Å². The Morgan fingerprint density at radius 3 is 2.70 bits per heavy atom. The summed E-state index contributed by atoms with van der Waals surface area (Å²) in [6.07, 6.45) is 10.7. The summed E-state index contributed by atoms with van der Waals surface area (Å²) >= 11 is 0. The molecular weight excluding hydrogens is 506 g/mol. The molecule has 5 rings (SSSR count). The maximum Gasteiger partial charge on any atom is 0.251 e. The molecule has 10 heteroatoms. The summed E-state index contributed by atoms with van der Waals surface area (Å²) in [6.45, 7) is 6.39. The SMILES string of the molecule is C=CC[C@H]1CN(C2CCCC2)c2nc(Nc3ccc(C(=O)N[C@@H]4CCCN(C)C4)cc3OC)ncc2N(C)C1=O. The molecule has 0 spiro atoms. The number of amides is 2. The zero-order valence-electron chi connectivity index (χ0n) is 23.9. The predicted octanol–water partition coefficient (Wildman–Crippen LogP) is 3.97. The van der Waals surface area contributed by atoms with Crippen LogP contribution in [0.1, 0.15) is 55.3 Å². The number of allylic oxidation sites excluding steroid dienone is 1. The molecule has 214 valence electrons. The van der Waals surface area contributed by atoms with Gasteiger partial charge in [0.2, 0.25) is 11.9 Å². The molecule has 2 amide bonds. The number of hydrogen-bond acceptors (Lipinski definition) is 8. The van der Waals surface area contributed by atoms with Gasteiger partial charge >= 0.3 is 0 Å². The number of nitrogens with zero attached hydrogens (tertiary/aromatic N) is 5. The van der Waals surface area contributed by atoms with Gasteiger partial charge < -0.3 is 30.1 Å². The van der Waals surface area contributed by atoms with Gasteiger partial charge in [-0.05, 0) is 63.9 Å². The van der Waals surface area contributed by atoms with Crippen LogP contribution in [-0.4, -0.2) is 79.6 Å². The van der Waals surface area contributed by atoms with Crippen molar-refractivity contribution in [3.63, 3.8) is 0 Å². The Labute approximate surface area is 236 Å². The maximum atomic E-state index is 13.3. The summed E-state index contributed by atoms with van der Waals surface area (Å²) < 4.78 is 5.64. The summed E-state index contributed by atoms with van der Waals surface area (Å²) in [5.74, 6) is 1.46. The molecule has 10 nitrogen and oxygen atoms in total. The molecular formula is C30H41N7O3. The number of fused-ring (bicyclic) bond motifs is 1. The highest BCUT2D eigenvalue weighted by Gasteiger charge is 2.36. The van der Waals surface area contributed by atoms with Crippen LogP contribution >= 0.6 is 0 Å². The van der Waals surface area contributed by atoms with Gasteiger partial charge in [0.25, 0.3) is 5.91 Å². The Hall–Kier alpha value is -3.66. The van der Waals surface area contributed by atoms with Crippen molar-refractivity contribution >= 4 is 35.0 Å². The van der Waals surface area contributed by atoms with Crippen molar-refractivity contribution in [2.45, 2.75) is 57.0 Å². The predicted molar refractivity (Wildman–Crippen MR) is 158 cm³/mol. The number of ether oxygens (including phenoxy) is 1. The van der Waals surface area contributed by atoms with E-state index in [0.717, 1.165) is 44.6 Å². The number of piperidine rings is 1. The van der Waals surface area contributed by atoms with Gasteiger partial charge in [0.05, 0.1) is 24.9 Å². The van der Waals surface area contributed by atoms with Crippen LogP contribution in [0.3, 0.4) is 0 Å². The van der Waals surface area contributed by atoms with Crippen LogP contribution in [-0.2, 0) is 4.79 Å². The first-order valence-electron chi connectivity index (χ1n) is 14.3. The van der Waals surface area contributed by atoms with Gasteiger partial charge in [0.15, 0.2) is 5.82 Å². The molecule has 1 aromatic carbocycles. The Balaban J connectivity index is 1.39. The van der Waals surface area contributed by atoms with Gasteiger partial charge in [0.1, 0.15) is 11.4 Å². The average Bonchev–Trinajstić information content (AvgIpc) is 3.46. The van der Waals surface area contributed by atoms with Crippen molar-refractivity contribution in [3.8, 4) is 5.75 Å². The number of carbonyl (C=O) groups excluding carboxylic acids is 2. The number of rotatable bonds is 8. The minimum atomic E-state index is -0.179. The number of nitrogens with one attached hydrogen (secondary N) is 2. The molecule has 1 aliphatic carbocycles. The van der Waals surface area contributed by atoms with E-state index in [1.165, 1.54) is 12.8 Å². The summed E-state index contributed by atoms with van der Waals surface area (Å²) in [6, 6.07) is 5.82. The van der Waals surface area contributed by atoms with E-state index in [9.17, 15) is 9.59 Å². The fourth-order valence-corrected chi connectivity index (χ4v) is 6.19. The van der Waals surface area contributed by atoms with Gasteiger partial charge in [0, 0.05) is 37.8 Å². The highest BCUT2D eigenvalue weighted by atomic mass is 16.5. The zero-order valence-corrected chi connectivity index (χ0v) is 23.9. The number of likely N-dealkylation sites (tertiary alicyclic amines) is 1. The molecule has 1 saturated heterocycles. The van der Waals surface area contributed by atoms with Crippen LogP contribution < -0.4 is 25.2 Å². The van der Waals surface area contributed by atoms with E-state index in [0.29, 0.717) is 47.6 Å². The molecule has 3 heterocycles. The summed E-state index contributed by atoms with van der Waals surface area (Å²) in [7, 11) is 5.46. The van der Waals surface area contributed by atoms with Crippen molar-refractivity contribution in [1.82, 2.24) is 20.2 Å². The Morgan fingerprint density at radius 1 is 1.18 bits per heavy atom. The largest absolute Gasteiger partial charge is 0.495 e. The summed E-state index contributed by atoms with van der Waals surface area (Å²) in [5, 5.41) is 6.44. The lowest BCUT2D eigenvalue weighted by Gasteiger charge is -2.31. The highest BCUT2D eigenvalue weighted by Crippen LogP contribution is 2.38. The first-order chi connectivity index (χ1) is 19.4. The van der Waals surface area contributed by atoms with Crippen molar-refractivity contribution in [2.75, 3.05) is 56.0 Å². The minimum absolute atomic E-state index is 0.0568. The molecule has 40 heavy (non-hydrogen) atoms. The monoisotopic (exact) mass is 547 g/mol. The van der Waals surface area contributed by atoms with E-state index in [1.54, 1.807) is 37.4 Å². The van der Waals surface area contributed by atoms with Crippen LogP contribution in [0.15, 0.2) is 37.1 Å². The number of methoxy groups -OCH3 is 1. The Morgan fingerprint density at radius 2 is 1.98 bits per heavy atom. The molecule has 1 saturated carbocycles. The molecule has 2 aliphatic heterocycles. The number of likely N-dealkylation sites (N-methyl/N-ethyl adjacent to an activating group) is 1. The van der Waals surface area contributed by atoms with Crippen molar-refractivity contribution < 1.29 is 14.3 Å². The van der Waals surface area contributed by atoms with Gasteiger partial charge in [-0.1, -0.05) is 18.9 Å². The molecule has 0 bridgehead atoms. The van der Waals surface area contributed by atoms with Gasteiger partial charge in [-0.15, -0.1) is 6.58 Å². The molecule has 3 aliphatic rings. The molecule has 2 N–H and O–H groups in total. The number of carbonyl (C=O) groups is 2. The molecule has 2 atom stereocenters. The fourth-order valence-electron chi connectivity index (χ4n) is 6.19. The topological polar surface area (TPSA) is 103 Å². The highest BCUT2D eigenvalue weighted by molar-refractivity contribution is 5.99. The molecule has 0 unspecified atom stereocenters. The minimum Gasteiger partial charge on any atom is -0.495 e. The number of hydrogen-bond donors (Lipinski definition) is 2. The third-order valence-corrected chi connectivity index (χ3v) is 8.37. The Kier molecular flexibility index (Phi) is 8.54. The van der Waals surface area contributed by atoms with Crippen molar-refractivity contribution in [1.29, 1.82) is 0 Å². The first kappa shape index (κ1) is 27.9. The van der Waals surface area contributed by atoms with Crippen LogP contribution in [0, 0.1) is 5.92 Å². The van der Waals surface area contributed by atoms with Crippen molar-refractivity contribution in [2.24, 2.45) is 5.92 Å². The quantitative estimate of drug-likeness (QED) is 0.479. The number of anilines is 4. The average molecular weight is 548 g/mol. The van der Waals surface area contributed by atoms with Crippen LogP contribution in [0.4, 0.5) is 23.1 Å². The number of aromatic nitrogens is 2. The lowest BCUT2D eigenvalue weighted by molar-refractivity contribution is -0.121. The van der Waals surface area contributed by atoms with Crippen molar-refractivity contribution in [3.05, 3.63) is 42.6 Å². The molecule has 2 aromatic rings. The lowest BCUT2D eigenvalue weighted by Crippen LogP contribution is -2.46. The van der Waals surface area contributed by atoms with E-state index in [2.05, 4.69) is 39.0 Å². The van der Waals surface area contributed by atoms with Crippen LogP contribution in [0.25, 0.3) is 0 Å². The van der Waals surface area contributed by atoms with E-state index >= 15 is 0 Å². The van der Waals surface area contributed by atoms with Gasteiger partial charge in [-0.3, -0.25) is 9.59 Å². The number of benzene rings is 1. The maximum absolute atomic E-state index is 13.3. The van der Waals surface area contributed by atoms with E-state index < -0.39 is 0 Å². The van der Waals surface area contributed by atoms with Gasteiger partial charge in [-0.2, -0.15) is 4.98 Å². The molecule has 1 aromatic heterocycles. The van der Waals surface area contributed by atoms with Gasteiger partial charge in [-0.25, -0.2) is 4.98 Å². The summed E-state index contributed by atoms with van der Waals surface area (Å²) in [5.41, 5.74) is 1.91. The summed E-state index contributed by atoms with van der Waals surface area (Å²) in [4.78, 5) is 42.0. The molecule has 0 radical (unpaired) electrons. The third kappa shape index (κ3) is 5.91. The van der Waals surface area contributed by atoms with Crippen LogP contribution in [0.2, 0.25) is 0 Å².